The van der Waals surface area contributed by atoms with Crippen LogP contribution in [-0.2, 0) is 5.41 Å². The minimum absolute atomic E-state index is 0.595. The largest absolute Gasteiger partial charge is 0.313 e. The minimum atomic E-state index is -0.842. The predicted octanol–water partition coefficient (Wildman–Crippen LogP) is 13.0. The molecular formula is C53H38N4. The average molecular weight is 731 g/mol. The molecule has 0 N–H and O–H groups in total. The molecule has 0 fully saturated rings. The van der Waals surface area contributed by atoms with Crippen LogP contribution in [0, 0.1) is 36.5 Å². The van der Waals surface area contributed by atoms with Gasteiger partial charge in [0.2, 0.25) is 0 Å². The molecule has 0 saturated carbocycles. The molecule has 0 radical (unpaired) electrons. The number of aryl methyl sites for hydroxylation is 1. The zero-order valence-electron chi connectivity index (χ0n) is 32.4. The monoisotopic (exact) mass is 730 g/mol. The molecule has 6 aromatic carbocycles. The van der Waals surface area contributed by atoms with Crippen molar-refractivity contribution in [2.45, 2.75) is 33.1 Å². The van der Waals surface area contributed by atoms with E-state index in [1.807, 2.05) is 18.2 Å². The maximum absolute atomic E-state index is 10.4. The normalized spacial score (nSPS) is 14.1. The maximum atomic E-state index is 10.4. The van der Waals surface area contributed by atoms with Gasteiger partial charge in [0.15, 0.2) is 0 Å². The second kappa shape index (κ2) is 12.6. The van der Waals surface area contributed by atoms with Crippen molar-refractivity contribution in [3.63, 3.8) is 0 Å². The van der Waals surface area contributed by atoms with Crippen molar-refractivity contribution in [3.05, 3.63) is 202 Å². The summed E-state index contributed by atoms with van der Waals surface area (Å²) < 4.78 is 4.70. The van der Waals surface area contributed by atoms with Crippen molar-refractivity contribution < 1.29 is 0 Å². The number of rotatable bonds is 5. The smallest absolute Gasteiger partial charge is 0.0991 e. The van der Waals surface area contributed by atoms with Gasteiger partial charge in [-0.15, -0.1) is 0 Å². The van der Waals surface area contributed by atoms with Gasteiger partial charge in [0.25, 0.3) is 0 Å². The first kappa shape index (κ1) is 34.1. The Balaban J connectivity index is 1.34. The maximum Gasteiger partial charge on any atom is 0.0991 e. The summed E-state index contributed by atoms with van der Waals surface area (Å²) in [6.07, 6.45) is 8.53. The van der Waals surface area contributed by atoms with Crippen LogP contribution in [0.2, 0.25) is 0 Å². The molecule has 57 heavy (non-hydrogen) atoms. The van der Waals surface area contributed by atoms with Crippen LogP contribution in [0.5, 0.6) is 0 Å². The fourth-order valence-electron chi connectivity index (χ4n) is 9.96. The van der Waals surface area contributed by atoms with Crippen LogP contribution in [0.3, 0.4) is 0 Å². The van der Waals surface area contributed by atoms with Gasteiger partial charge in [0.05, 0.1) is 45.2 Å². The fraction of sp³-hybridized carbons (Fsp3) is 0.0943. The minimum Gasteiger partial charge on any atom is -0.313 e. The number of allylic oxidation sites excluding steroid dienone is 6. The first-order valence-electron chi connectivity index (χ1n) is 19.4. The van der Waals surface area contributed by atoms with E-state index in [4.69, 9.17) is 0 Å². The van der Waals surface area contributed by atoms with E-state index in [1.165, 1.54) is 27.3 Å². The molecule has 2 aliphatic rings. The molecular weight excluding hydrogens is 693 g/mol. The van der Waals surface area contributed by atoms with E-state index in [2.05, 4.69) is 183 Å². The van der Waals surface area contributed by atoms with Crippen LogP contribution >= 0.6 is 0 Å². The van der Waals surface area contributed by atoms with E-state index in [9.17, 15) is 10.5 Å². The number of hydrogen-bond acceptors (Lipinski definition) is 2. The Kier molecular flexibility index (Phi) is 7.52. The number of fused-ring (bicyclic) bond motifs is 11. The van der Waals surface area contributed by atoms with Crippen molar-refractivity contribution in [1.82, 2.24) is 9.13 Å². The van der Waals surface area contributed by atoms with Crippen molar-refractivity contribution in [1.29, 1.82) is 10.5 Å². The second-order valence-corrected chi connectivity index (χ2v) is 15.3. The van der Waals surface area contributed by atoms with Gasteiger partial charge in [-0.3, -0.25) is 0 Å². The van der Waals surface area contributed by atoms with Gasteiger partial charge in [-0.1, -0.05) is 85.5 Å². The molecule has 0 amide bonds. The van der Waals surface area contributed by atoms with Gasteiger partial charge in [-0.25, -0.2) is 0 Å². The lowest BCUT2D eigenvalue weighted by Gasteiger charge is -2.32. The first-order chi connectivity index (χ1) is 27.8. The molecule has 0 atom stereocenters. The number of hydrogen-bond donors (Lipinski definition) is 0. The molecule has 2 heterocycles. The summed E-state index contributed by atoms with van der Waals surface area (Å²) in [5.74, 6) is 0. The van der Waals surface area contributed by atoms with Gasteiger partial charge < -0.3 is 9.13 Å². The SMILES string of the molecule is C=C/C(=C\C1=C(C)c2ccc(-n3c4ccccc4c4ccc(C)cc43)cc2C12c1cc(C#N)ccc1-c1ccc(C#N)cc12)n1c(C)c(/C=C\C)c2ccccc21. The summed E-state index contributed by atoms with van der Waals surface area (Å²) in [7, 11) is 0. The van der Waals surface area contributed by atoms with Gasteiger partial charge in [-0.05, 0) is 145 Å². The van der Waals surface area contributed by atoms with Gasteiger partial charge in [-0.2, -0.15) is 10.5 Å². The van der Waals surface area contributed by atoms with Crippen LogP contribution in [0.4, 0.5) is 0 Å². The Morgan fingerprint density at radius 1 is 0.649 bits per heavy atom. The third-order valence-electron chi connectivity index (χ3n) is 12.4. The second-order valence-electron chi connectivity index (χ2n) is 15.3. The number of para-hydroxylation sites is 2. The molecule has 0 saturated heterocycles. The first-order valence-corrected chi connectivity index (χ1v) is 19.4. The molecule has 0 aliphatic heterocycles. The Hall–Kier alpha value is -7.40. The summed E-state index contributed by atoms with van der Waals surface area (Å²) in [6, 6.07) is 47.7. The summed E-state index contributed by atoms with van der Waals surface area (Å²) >= 11 is 0. The van der Waals surface area contributed by atoms with E-state index in [1.54, 1.807) is 0 Å². The number of nitrogens with zero attached hydrogens (tertiary/aromatic N) is 4. The van der Waals surface area contributed by atoms with Gasteiger partial charge in [0.1, 0.15) is 0 Å². The molecule has 4 nitrogen and oxygen atoms in total. The summed E-state index contributed by atoms with van der Waals surface area (Å²) in [5.41, 5.74) is 17.9. The van der Waals surface area contributed by atoms with Crippen LogP contribution < -0.4 is 0 Å². The van der Waals surface area contributed by atoms with E-state index < -0.39 is 5.41 Å². The van der Waals surface area contributed by atoms with Crippen molar-refractivity contribution >= 4 is 50.1 Å². The summed E-state index contributed by atoms with van der Waals surface area (Å²) in [5, 5.41) is 24.3. The van der Waals surface area contributed by atoms with E-state index in [0.29, 0.717) is 11.1 Å². The standard InChI is InChI=1S/C53H38N4/c1-6-12-40-34(5)56(50-15-10-8-13-43(40)50)37(7-2)28-46-33(4)39-24-20-38(57-51-16-11-9-14-44(51)45-21-17-32(3)25-52(45)57)29-49(39)53(46)47-26-35(30-54)18-22-41(47)42-23-19-36(31-55)27-48(42)53/h6-29H,2H2,1,3-5H3/b12-6-,37-28+. The molecule has 10 rings (SSSR count). The number of aromatic nitrogens is 2. The molecule has 0 unspecified atom stereocenters. The zero-order valence-corrected chi connectivity index (χ0v) is 32.4. The highest BCUT2D eigenvalue weighted by Gasteiger charge is 2.52. The highest BCUT2D eigenvalue weighted by Crippen LogP contribution is 2.63. The highest BCUT2D eigenvalue weighted by molar-refractivity contribution is 6.09. The Morgan fingerprint density at radius 2 is 1.26 bits per heavy atom. The number of nitriles is 2. The van der Waals surface area contributed by atoms with E-state index >= 15 is 0 Å². The molecule has 270 valence electrons. The number of benzene rings is 6. The third kappa shape index (κ3) is 4.59. The summed E-state index contributed by atoms with van der Waals surface area (Å²) in [4.78, 5) is 0. The van der Waals surface area contributed by atoms with Gasteiger partial charge >= 0.3 is 0 Å². The average Bonchev–Trinajstić information content (AvgIpc) is 3.90. The molecule has 2 aliphatic carbocycles. The molecule has 0 bridgehead atoms. The van der Waals surface area contributed by atoms with E-state index in [0.717, 1.165) is 78.2 Å². The Labute approximate surface area is 332 Å². The van der Waals surface area contributed by atoms with Crippen molar-refractivity contribution in [3.8, 4) is 29.0 Å². The highest BCUT2D eigenvalue weighted by atomic mass is 15.0. The van der Waals surface area contributed by atoms with Crippen molar-refractivity contribution in [2.24, 2.45) is 0 Å². The van der Waals surface area contributed by atoms with Crippen LogP contribution in [0.25, 0.3) is 66.9 Å². The molecule has 4 heteroatoms. The van der Waals surface area contributed by atoms with Crippen LogP contribution in [0.1, 0.15) is 64.0 Å². The lowest BCUT2D eigenvalue weighted by Crippen LogP contribution is -2.27. The van der Waals surface area contributed by atoms with Crippen LogP contribution in [-0.4, -0.2) is 9.13 Å². The van der Waals surface area contributed by atoms with Crippen LogP contribution in [0.15, 0.2) is 152 Å². The Morgan fingerprint density at radius 3 is 1.93 bits per heavy atom. The Bertz CT molecular complexity index is 3200. The molecule has 8 aromatic rings. The topological polar surface area (TPSA) is 57.4 Å². The molecule has 1 spiro atoms. The third-order valence-corrected chi connectivity index (χ3v) is 12.4. The zero-order chi connectivity index (χ0) is 39.2. The molecule has 2 aromatic heterocycles. The summed E-state index contributed by atoms with van der Waals surface area (Å²) in [6.45, 7) is 13.0. The quantitative estimate of drug-likeness (QED) is 0.166. The fourth-order valence-corrected chi connectivity index (χ4v) is 9.96. The van der Waals surface area contributed by atoms with Crippen molar-refractivity contribution in [2.75, 3.05) is 0 Å². The van der Waals surface area contributed by atoms with Gasteiger partial charge in [0, 0.05) is 38.8 Å². The lowest BCUT2D eigenvalue weighted by atomic mass is 9.69. The lowest BCUT2D eigenvalue weighted by molar-refractivity contribution is 0.783. The van der Waals surface area contributed by atoms with E-state index in [-0.39, 0.29) is 0 Å². The predicted molar refractivity (Wildman–Crippen MR) is 235 cm³/mol.